The van der Waals surface area contributed by atoms with Crippen molar-refractivity contribution < 1.29 is 21.5 Å². The Labute approximate surface area is 155 Å². The lowest BCUT2D eigenvalue weighted by Gasteiger charge is -2.07. The summed E-state index contributed by atoms with van der Waals surface area (Å²) in [4.78, 5) is 14.4. The molecule has 0 atom stereocenters. The Bertz CT molecular complexity index is 1070. The normalized spacial score (nSPS) is 10.6. The van der Waals surface area contributed by atoms with E-state index in [-0.39, 0.29) is 22.5 Å². The number of pyridine rings is 2. The van der Waals surface area contributed by atoms with Gasteiger partial charge in [-0.1, -0.05) is 30.3 Å². The van der Waals surface area contributed by atoms with Gasteiger partial charge in [0, 0.05) is 23.0 Å². The van der Waals surface area contributed by atoms with Crippen LogP contribution in [0.25, 0.3) is 21.7 Å². The molecular formula is C20H18BrN3O. The Morgan fingerprint density at radius 2 is 1.68 bits per heavy atom. The number of H-pyrrole nitrogens is 1. The van der Waals surface area contributed by atoms with Crippen LogP contribution in [0.3, 0.4) is 0 Å². The largest absolute Gasteiger partial charge is 1.00 e. The number of halogens is 1. The molecule has 0 saturated carbocycles. The smallest absolute Gasteiger partial charge is 0.271 e. The first-order valence-electron chi connectivity index (χ1n) is 8.04. The minimum Gasteiger partial charge on any atom is -1.00 e. The summed E-state index contributed by atoms with van der Waals surface area (Å²) in [5.41, 5.74) is 1.70. The molecule has 0 aliphatic rings. The molecule has 0 aliphatic carbocycles. The monoisotopic (exact) mass is 395 g/mol. The number of benzene rings is 2. The molecule has 0 amide bonds. The standard InChI is InChI=1S/C20H17N3O.BrH/c24-20-18(9-5-11-22-20)21-12-13-23-14-15-6-1-2-7-16(15)17-8-3-4-10-19(17)23;/h1-11,14,21H,12-13H2;1H. The molecule has 4 nitrogen and oxygen atoms in total. The molecule has 2 aromatic heterocycles. The van der Waals surface area contributed by atoms with Crippen molar-refractivity contribution in [3.05, 3.63) is 83.4 Å². The summed E-state index contributed by atoms with van der Waals surface area (Å²) in [5, 5.41) is 6.93. The number of fused-ring (bicyclic) bond motifs is 3. The quantitative estimate of drug-likeness (QED) is 0.380. The lowest BCUT2D eigenvalue weighted by Crippen LogP contribution is -3.00. The van der Waals surface area contributed by atoms with Crippen LogP contribution < -0.4 is 32.4 Å². The van der Waals surface area contributed by atoms with Gasteiger partial charge >= 0.3 is 0 Å². The maximum Gasteiger partial charge on any atom is 0.271 e. The van der Waals surface area contributed by atoms with Crippen LogP contribution in [0.15, 0.2) is 77.9 Å². The highest BCUT2D eigenvalue weighted by Crippen LogP contribution is 2.21. The highest BCUT2D eigenvalue weighted by molar-refractivity contribution is 6.03. The molecule has 2 aromatic carbocycles. The predicted octanol–water partition coefficient (Wildman–Crippen LogP) is 0.0849. The number of aromatic amines is 1. The van der Waals surface area contributed by atoms with E-state index in [2.05, 4.69) is 69.6 Å². The van der Waals surface area contributed by atoms with Gasteiger partial charge in [0.05, 0.1) is 11.9 Å². The molecule has 5 heteroatoms. The van der Waals surface area contributed by atoms with E-state index >= 15 is 0 Å². The fourth-order valence-electron chi connectivity index (χ4n) is 3.10. The van der Waals surface area contributed by atoms with Crippen molar-refractivity contribution in [3.8, 4) is 0 Å². The van der Waals surface area contributed by atoms with Gasteiger partial charge in [-0.25, -0.2) is 0 Å². The number of hydrogen-bond donors (Lipinski definition) is 2. The number of hydrogen-bond acceptors (Lipinski definition) is 2. The van der Waals surface area contributed by atoms with Crippen molar-refractivity contribution in [2.24, 2.45) is 0 Å². The highest BCUT2D eigenvalue weighted by Gasteiger charge is 2.12. The van der Waals surface area contributed by atoms with Crippen LogP contribution in [0.2, 0.25) is 0 Å². The summed E-state index contributed by atoms with van der Waals surface area (Å²) in [6.45, 7) is 1.46. The minimum atomic E-state index is -0.0918. The summed E-state index contributed by atoms with van der Waals surface area (Å²) >= 11 is 0. The Hall–Kier alpha value is -2.66. The SMILES string of the molecule is O=c1[nH]cccc1NCC[n+]1cc2ccccc2c2ccccc21.[Br-]. The molecule has 2 heterocycles. The Balaban J connectivity index is 0.00000182. The number of rotatable bonds is 4. The second kappa shape index (κ2) is 7.49. The molecule has 126 valence electrons. The number of nitrogens with one attached hydrogen (secondary N) is 2. The van der Waals surface area contributed by atoms with Crippen molar-refractivity contribution in [2.45, 2.75) is 6.54 Å². The zero-order valence-corrected chi connectivity index (χ0v) is 15.2. The lowest BCUT2D eigenvalue weighted by atomic mass is 10.1. The molecule has 0 spiro atoms. The third-order valence-corrected chi connectivity index (χ3v) is 4.25. The average Bonchev–Trinajstić information content (AvgIpc) is 2.63. The van der Waals surface area contributed by atoms with E-state index in [4.69, 9.17) is 0 Å². The number of nitrogens with zero attached hydrogens (tertiary/aromatic N) is 1. The molecule has 0 aliphatic heterocycles. The molecule has 0 saturated heterocycles. The molecule has 4 rings (SSSR count). The second-order valence-electron chi connectivity index (χ2n) is 5.77. The molecule has 2 N–H and O–H groups in total. The van der Waals surface area contributed by atoms with Gasteiger partial charge < -0.3 is 27.3 Å². The van der Waals surface area contributed by atoms with E-state index in [1.807, 2.05) is 6.07 Å². The van der Waals surface area contributed by atoms with E-state index in [0.29, 0.717) is 12.2 Å². The molecule has 0 radical (unpaired) electrons. The van der Waals surface area contributed by atoms with Crippen molar-refractivity contribution in [1.29, 1.82) is 0 Å². The van der Waals surface area contributed by atoms with Crippen molar-refractivity contribution >= 4 is 27.4 Å². The summed E-state index contributed by atoms with van der Waals surface area (Å²) in [5.74, 6) is 0. The van der Waals surface area contributed by atoms with Crippen LogP contribution in [-0.2, 0) is 6.54 Å². The summed E-state index contributed by atoms with van der Waals surface area (Å²) < 4.78 is 2.24. The highest BCUT2D eigenvalue weighted by atomic mass is 79.9. The van der Waals surface area contributed by atoms with E-state index in [9.17, 15) is 4.79 Å². The Morgan fingerprint density at radius 1 is 0.920 bits per heavy atom. The lowest BCUT2D eigenvalue weighted by molar-refractivity contribution is -0.666. The van der Waals surface area contributed by atoms with Crippen LogP contribution >= 0.6 is 0 Å². The molecule has 4 aromatic rings. The van der Waals surface area contributed by atoms with Gasteiger partial charge in [-0.3, -0.25) is 4.79 Å². The van der Waals surface area contributed by atoms with Crippen LogP contribution in [0.4, 0.5) is 5.69 Å². The fraction of sp³-hybridized carbons (Fsp3) is 0.100. The first-order valence-corrected chi connectivity index (χ1v) is 8.04. The van der Waals surface area contributed by atoms with E-state index in [1.54, 1.807) is 12.3 Å². The summed E-state index contributed by atoms with van der Waals surface area (Å²) in [6, 6.07) is 20.5. The van der Waals surface area contributed by atoms with Crippen LogP contribution in [0.1, 0.15) is 0 Å². The zero-order chi connectivity index (χ0) is 16.4. The molecule has 0 fully saturated rings. The third-order valence-electron chi connectivity index (χ3n) is 4.25. The molecular weight excluding hydrogens is 378 g/mol. The van der Waals surface area contributed by atoms with E-state index < -0.39 is 0 Å². The predicted molar refractivity (Wildman–Crippen MR) is 97.2 cm³/mol. The van der Waals surface area contributed by atoms with Gasteiger partial charge in [-0.05, 0) is 24.3 Å². The van der Waals surface area contributed by atoms with Gasteiger partial charge in [-0.2, -0.15) is 4.57 Å². The third kappa shape index (κ3) is 3.42. The second-order valence-corrected chi connectivity index (χ2v) is 5.77. The van der Waals surface area contributed by atoms with Gasteiger partial charge in [0.25, 0.3) is 5.56 Å². The topological polar surface area (TPSA) is 48.8 Å². The van der Waals surface area contributed by atoms with Gasteiger partial charge in [0.15, 0.2) is 12.7 Å². The average molecular weight is 396 g/mol. The Morgan fingerprint density at radius 3 is 2.52 bits per heavy atom. The molecule has 0 unspecified atom stereocenters. The minimum absolute atomic E-state index is 0. The molecule has 0 bridgehead atoms. The van der Waals surface area contributed by atoms with Crippen molar-refractivity contribution in [1.82, 2.24) is 4.98 Å². The first-order chi connectivity index (χ1) is 11.8. The van der Waals surface area contributed by atoms with E-state index in [1.165, 1.54) is 21.7 Å². The summed E-state index contributed by atoms with van der Waals surface area (Å²) in [6.07, 6.45) is 3.81. The van der Waals surface area contributed by atoms with Crippen LogP contribution in [0, 0.1) is 0 Å². The number of aromatic nitrogens is 2. The fourth-order valence-corrected chi connectivity index (χ4v) is 3.10. The van der Waals surface area contributed by atoms with E-state index in [0.717, 1.165) is 6.54 Å². The van der Waals surface area contributed by atoms with Crippen molar-refractivity contribution in [2.75, 3.05) is 11.9 Å². The maximum atomic E-state index is 11.7. The van der Waals surface area contributed by atoms with Crippen LogP contribution in [-0.4, -0.2) is 11.5 Å². The summed E-state index contributed by atoms with van der Waals surface area (Å²) in [7, 11) is 0. The van der Waals surface area contributed by atoms with Gasteiger partial charge in [0.2, 0.25) is 5.52 Å². The zero-order valence-electron chi connectivity index (χ0n) is 13.6. The van der Waals surface area contributed by atoms with Gasteiger partial charge in [0.1, 0.15) is 5.69 Å². The van der Waals surface area contributed by atoms with Gasteiger partial charge in [-0.15, -0.1) is 0 Å². The Kier molecular flexibility index (Phi) is 5.14. The number of para-hydroxylation sites is 1. The first kappa shape index (κ1) is 17.2. The number of anilines is 1. The van der Waals surface area contributed by atoms with Crippen LogP contribution in [0.5, 0.6) is 0 Å². The maximum absolute atomic E-state index is 11.7. The van der Waals surface area contributed by atoms with Crippen molar-refractivity contribution in [3.63, 3.8) is 0 Å². The molecule has 25 heavy (non-hydrogen) atoms.